The lowest BCUT2D eigenvalue weighted by Crippen LogP contribution is -2.43. The van der Waals surface area contributed by atoms with Crippen LogP contribution < -0.4 is 0 Å². The van der Waals surface area contributed by atoms with E-state index < -0.39 is 0 Å². The molecule has 8 unspecified atom stereocenters. The maximum absolute atomic E-state index is 2.67. The van der Waals surface area contributed by atoms with Gasteiger partial charge in [-0.3, -0.25) is 0 Å². The van der Waals surface area contributed by atoms with Crippen LogP contribution >= 0.6 is 0 Å². The summed E-state index contributed by atoms with van der Waals surface area (Å²) in [4.78, 5) is 0. The van der Waals surface area contributed by atoms with Crippen LogP contribution in [0.1, 0.15) is 111 Å². The molecule has 204 valence electrons. The fourth-order valence-corrected chi connectivity index (χ4v) is 9.27. The van der Waals surface area contributed by atoms with Gasteiger partial charge in [0.05, 0.1) is 0 Å². The number of rotatable bonds is 2. The minimum Gasteiger partial charge on any atom is -0.0770 e. The Morgan fingerprint density at radius 3 is 1.11 bits per heavy atom. The molecule has 0 spiro atoms. The van der Waals surface area contributed by atoms with Gasteiger partial charge in [0.1, 0.15) is 0 Å². The molecule has 2 fully saturated rings. The number of fused-ring (bicyclic) bond motifs is 3. The summed E-state index contributed by atoms with van der Waals surface area (Å²) in [6.45, 7) is 38.7. The normalized spacial score (nSPS) is 40.9. The molecule has 0 radical (unpaired) electrons. The van der Waals surface area contributed by atoms with E-state index >= 15 is 0 Å². The molecule has 0 aromatic rings. The van der Waals surface area contributed by atoms with Crippen LogP contribution in [-0.4, -0.2) is 0 Å². The topological polar surface area (TPSA) is 0 Å². The fraction of sp³-hybridized carbons (Fsp3) is 0.778. The summed E-state index contributed by atoms with van der Waals surface area (Å²) in [7, 11) is 0. The highest BCUT2D eigenvalue weighted by Gasteiger charge is 2.61. The molecule has 0 heterocycles. The molecule has 0 saturated heterocycles. The number of hydrogen-bond acceptors (Lipinski definition) is 0. The van der Waals surface area contributed by atoms with E-state index in [2.05, 4.69) is 123 Å². The van der Waals surface area contributed by atoms with E-state index in [0.29, 0.717) is 40.4 Å². The molecular weight excluding hydrogens is 432 g/mol. The Morgan fingerprint density at radius 2 is 0.806 bits per heavy atom. The van der Waals surface area contributed by atoms with Crippen molar-refractivity contribution in [3.05, 3.63) is 45.6 Å². The smallest absolute Gasteiger partial charge is 0.00898 e. The highest BCUT2D eigenvalue weighted by Crippen LogP contribution is 2.67. The van der Waals surface area contributed by atoms with Crippen molar-refractivity contribution in [3.8, 4) is 0 Å². The van der Waals surface area contributed by atoms with Crippen LogP contribution in [0.5, 0.6) is 0 Å². The average molecular weight is 493 g/mol. The van der Waals surface area contributed by atoms with Crippen molar-refractivity contribution in [2.75, 3.05) is 0 Å². The first-order chi connectivity index (χ1) is 16.3. The van der Waals surface area contributed by atoms with Crippen molar-refractivity contribution in [1.29, 1.82) is 0 Å². The second kappa shape index (κ2) is 9.93. The third-order valence-corrected chi connectivity index (χ3v) is 11.6. The van der Waals surface area contributed by atoms with Crippen LogP contribution in [-0.2, 0) is 0 Å². The summed E-state index contributed by atoms with van der Waals surface area (Å²) in [6.07, 6.45) is 5.34. The third-order valence-electron chi connectivity index (χ3n) is 11.6. The monoisotopic (exact) mass is 492 g/mol. The quantitative estimate of drug-likeness (QED) is 0.359. The maximum atomic E-state index is 2.67. The summed E-state index contributed by atoms with van der Waals surface area (Å²) < 4.78 is 0. The highest BCUT2D eigenvalue weighted by molar-refractivity contribution is 5.46. The molecule has 4 aliphatic rings. The third kappa shape index (κ3) is 4.89. The van der Waals surface area contributed by atoms with Gasteiger partial charge in [-0.1, -0.05) is 104 Å². The number of allylic oxidation sites excluding steroid dienone is 8. The largest absolute Gasteiger partial charge is 0.0770 e. The van der Waals surface area contributed by atoms with Crippen molar-refractivity contribution >= 4 is 0 Å². The minimum absolute atomic E-state index is 0.321. The van der Waals surface area contributed by atoms with Crippen molar-refractivity contribution in [2.45, 2.75) is 111 Å². The van der Waals surface area contributed by atoms with E-state index in [4.69, 9.17) is 0 Å². The molecule has 0 amide bonds. The van der Waals surface area contributed by atoms with Crippen LogP contribution in [0, 0.1) is 70.0 Å². The van der Waals surface area contributed by atoms with Gasteiger partial charge in [0.2, 0.25) is 0 Å². The summed E-state index contributed by atoms with van der Waals surface area (Å²) in [5.41, 5.74) is 10.4. The van der Waals surface area contributed by atoms with Crippen molar-refractivity contribution in [2.24, 2.45) is 70.0 Å². The van der Waals surface area contributed by atoms with Crippen molar-refractivity contribution in [1.82, 2.24) is 0 Å². The first-order valence-corrected chi connectivity index (χ1v) is 15.0. The molecule has 8 atom stereocenters. The SMILES string of the molecule is CC(C)(C)C.CC1=CC2C3C=C(C)C(C)=C(C)C3C(C(C)(C)C3C(C)C(C)C(C)C3C)C2C(C)=C1C. The molecule has 4 rings (SSSR count). The standard InChI is InChI=1S/C31H48.C5H12/c1-15-13-25-26-14-16(2)18(4)22(8)28(26)30(27(25)21(7)17(15)3)31(11,12)29-23(9)19(5)20(6)24(29)10;1-5(2,3)4/h13-14,19-20,23-30H,1-12H3;1-4H3. The Kier molecular flexibility index (Phi) is 8.14. The van der Waals surface area contributed by atoms with E-state index in [-0.39, 0.29) is 0 Å². The maximum Gasteiger partial charge on any atom is -0.00898 e. The Hall–Kier alpha value is -1.04. The Morgan fingerprint density at radius 1 is 0.500 bits per heavy atom. The molecule has 0 aromatic heterocycles. The van der Waals surface area contributed by atoms with Crippen LogP contribution in [0.3, 0.4) is 0 Å². The minimum atomic E-state index is 0.321. The first kappa shape index (κ1) is 29.5. The molecule has 2 saturated carbocycles. The molecule has 0 aromatic carbocycles. The van der Waals surface area contributed by atoms with Crippen molar-refractivity contribution in [3.63, 3.8) is 0 Å². The van der Waals surface area contributed by atoms with Gasteiger partial charge in [-0.15, -0.1) is 0 Å². The van der Waals surface area contributed by atoms with E-state index in [1.807, 2.05) is 0 Å². The van der Waals surface area contributed by atoms with E-state index in [9.17, 15) is 0 Å². The summed E-state index contributed by atoms with van der Waals surface area (Å²) in [6, 6.07) is 0. The van der Waals surface area contributed by atoms with Crippen LogP contribution in [0.2, 0.25) is 0 Å². The fourth-order valence-electron chi connectivity index (χ4n) is 9.27. The molecule has 0 N–H and O–H groups in total. The molecule has 36 heavy (non-hydrogen) atoms. The van der Waals surface area contributed by atoms with E-state index in [1.165, 1.54) is 11.1 Å². The predicted octanol–water partition coefficient (Wildman–Crippen LogP) is 10.9. The van der Waals surface area contributed by atoms with E-state index in [0.717, 1.165) is 29.6 Å². The molecule has 0 heteroatoms. The van der Waals surface area contributed by atoms with Crippen LogP contribution in [0.4, 0.5) is 0 Å². The molecule has 0 nitrogen and oxygen atoms in total. The lowest BCUT2D eigenvalue weighted by Gasteiger charge is -2.49. The summed E-state index contributed by atoms with van der Waals surface area (Å²) in [5.74, 6) is 7.46. The second-order valence-electron chi connectivity index (χ2n) is 15.8. The first-order valence-electron chi connectivity index (χ1n) is 15.0. The highest BCUT2D eigenvalue weighted by atomic mass is 14.6. The Balaban J connectivity index is 0.000000658. The van der Waals surface area contributed by atoms with Gasteiger partial charge in [0.25, 0.3) is 0 Å². The zero-order valence-corrected chi connectivity index (χ0v) is 26.9. The summed E-state index contributed by atoms with van der Waals surface area (Å²) >= 11 is 0. The van der Waals surface area contributed by atoms with Crippen LogP contribution in [0.25, 0.3) is 0 Å². The van der Waals surface area contributed by atoms with Gasteiger partial charge in [0, 0.05) is 0 Å². The Labute approximate surface area is 226 Å². The van der Waals surface area contributed by atoms with Crippen LogP contribution in [0.15, 0.2) is 45.6 Å². The van der Waals surface area contributed by atoms with Gasteiger partial charge < -0.3 is 0 Å². The van der Waals surface area contributed by atoms with Crippen molar-refractivity contribution < 1.29 is 0 Å². The molecule has 0 bridgehead atoms. The second-order valence-corrected chi connectivity index (χ2v) is 15.8. The van der Waals surface area contributed by atoms with Gasteiger partial charge in [-0.05, 0) is 123 Å². The van der Waals surface area contributed by atoms with Gasteiger partial charge in [-0.25, -0.2) is 0 Å². The van der Waals surface area contributed by atoms with Gasteiger partial charge in [0.15, 0.2) is 0 Å². The molecular formula is C36H60. The van der Waals surface area contributed by atoms with Gasteiger partial charge in [-0.2, -0.15) is 0 Å². The molecule has 4 aliphatic carbocycles. The zero-order chi connectivity index (χ0) is 27.7. The Bertz CT molecular complexity index is 898. The number of hydrogen-bond donors (Lipinski definition) is 0. The lowest BCUT2D eigenvalue weighted by atomic mass is 9.55. The average Bonchev–Trinajstić information content (AvgIpc) is 3.17. The predicted molar refractivity (Wildman–Crippen MR) is 161 cm³/mol. The van der Waals surface area contributed by atoms with Gasteiger partial charge >= 0.3 is 0 Å². The summed E-state index contributed by atoms with van der Waals surface area (Å²) in [5, 5.41) is 0. The zero-order valence-electron chi connectivity index (χ0n) is 26.9. The lowest BCUT2D eigenvalue weighted by molar-refractivity contribution is 0.0212. The molecule has 0 aliphatic heterocycles. The van der Waals surface area contributed by atoms with E-state index in [1.54, 1.807) is 22.3 Å².